The summed E-state index contributed by atoms with van der Waals surface area (Å²) in [6.07, 6.45) is 0.943. The van der Waals surface area contributed by atoms with E-state index in [1.54, 1.807) is 6.92 Å². The SMILES string of the molecule is CCc1ccccc1CNC(=O)c1c(N)n[nH]c1C. The fourth-order valence-corrected chi connectivity index (χ4v) is 2.07. The first-order chi connectivity index (χ1) is 9.13. The summed E-state index contributed by atoms with van der Waals surface area (Å²) in [6.45, 7) is 4.37. The van der Waals surface area contributed by atoms with Crippen molar-refractivity contribution in [3.63, 3.8) is 0 Å². The van der Waals surface area contributed by atoms with Crippen molar-refractivity contribution in [3.8, 4) is 0 Å². The zero-order chi connectivity index (χ0) is 13.8. The Morgan fingerprint density at radius 3 is 2.63 bits per heavy atom. The molecule has 0 unspecified atom stereocenters. The van der Waals surface area contributed by atoms with Gasteiger partial charge in [-0.1, -0.05) is 31.2 Å². The number of anilines is 1. The average molecular weight is 258 g/mol. The molecule has 1 aromatic carbocycles. The number of benzene rings is 1. The van der Waals surface area contributed by atoms with Gasteiger partial charge >= 0.3 is 0 Å². The van der Waals surface area contributed by atoms with Crippen LogP contribution in [0.2, 0.25) is 0 Å². The third-order valence-corrected chi connectivity index (χ3v) is 3.14. The minimum atomic E-state index is -0.199. The summed E-state index contributed by atoms with van der Waals surface area (Å²) in [6, 6.07) is 8.06. The second-order valence-corrected chi connectivity index (χ2v) is 4.41. The van der Waals surface area contributed by atoms with Gasteiger partial charge in [0, 0.05) is 12.2 Å². The molecular formula is C14H18N4O. The van der Waals surface area contributed by atoms with Crippen LogP contribution in [0.1, 0.15) is 34.1 Å². The van der Waals surface area contributed by atoms with E-state index in [4.69, 9.17) is 5.73 Å². The van der Waals surface area contributed by atoms with Crippen molar-refractivity contribution in [3.05, 3.63) is 46.6 Å². The van der Waals surface area contributed by atoms with Gasteiger partial charge in [0.25, 0.3) is 5.91 Å². The number of nitrogens with one attached hydrogen (secondary N) is 2. The summed E-state index contributed by atoms with van der Waals surface area (Å²) in [5.74, 6) is 0.0356. The van der Waals surface area contributed by atoms with Gasteiger partial charge in [-0.05, 0) is 24.5 Å². The van der Waals surface area contributed by atoms with Crippen LogP contribution in [0.3, 0.4) is 0 Å². The van der Waals surface area contributed by atoms with E-state index in [0.717, 1.165) is 12.0 Å². The quantitative estimate of drug-likeness (QED) is 0.781. The summed E-state index contributed by atoms with van der Waals surface area (Å²) in [5.41, 5.74) is 9.13. The van der Waals surface area contributed by atoms with Crippen LogP contribution in [0.4, 0.5) is 5.82 Å². The fourth-order valence-electron chi connectivity index (χ4n) is 2.07. The van der Waals surface area contributed by atoms with Crippen LogP contribution in [0, 0.1) is 6.92 Å². The number of nitrogens with zero attached hydrogens (tertiary/aromatic N) is 1. The molecule has 2 rings (SSSR count). The molecule has 0 radical (unpaired) electrons. The molecule has 2 aromatic rings. The number of carbonyl (C=O) groups excluding carboxylic acids is 1. The summed E-state index contributed by atoms with van der Waals surface area (Å²) in [7, 11) is 0. The molecule has 1 aromatic heterocycles. The Morgan fingerprint density at radius 2 is 2.05 bits per heavy atom. The average Bonchev–Trinajstić information content (AvgIpc) is 2.76. The van der Waals surface area contributed by atoms with Gasteiger partial charge in [0.05, 0.1) is 0 Å². The lowest BCUT2D eigenvalue weighted by Crippen LogP contribution is -2.24. The first kappa shape index (κ1) is 13.1. The highest BCUT2D eigenvalue weighted by molar-refractivity contribution is 5.99. The molecule has 0 bridgehead atoms. The number of aryl methyl sites for hydroxylation is 2. The van der Waals surface area contributed by atoms with Crippen molar-refractivity contribution in [2.24, 2.45) is 0 Å². The van der Waals surface area contributed by atoms with Gasteiger partial charge in [0.15, 0.2) is 5.82 Å². The predicted molar refractivity (Wildman–Crippen MR) is 74.7 cm³/mol. The van der Waals surface area contributed by atoms with Gasteiger partial charge in [0.1, 0.15) is 5.56 Å². The van der Waals surface area contributed by atoms with E-state index in [1.807, 2.05) is 18.2 Å². The first-order valence-electron chi connectivity index (χ1n) is 6.29. The van der Waals surface area contributed by atoms with Crippen LogP contribution in [-0.4, -0.2) is 16.1 Å². The van der Waals surface area contributed by atoms with Crippen LogP contribution in [-0.2, 0) is 13.0 Å². The Bertz CT molecular complexity index is 569. The molecule has 1 heterocycles. The lowest BCUT2D eigenvalue weighted by atomic mass is 10.1. The smallest absolute Gasteiger partial charge is 0.257 e. The van der Waals surface area contributed by atoms with Crippen molar-refractivity contribution in [2.45, 2.75) is 26.8 Å². The van der Waals surface area contributed by atoms with E-state index in [9.17, 15) is 4.79 Å². The van der Waals surface area contributed by atoms with Crippen LogP contribution in [0.15, 0.2) is 24.3 Å². The van der Waals surface area contributed by atoms with E-state index in [-0.39, 0.29) is 11.7 Å². The molecule has 5 heteroatoms. The molecule has 0 saturated heterocycles. The number of aromatic amines is 1. The molecule has 0 saturated carbocycles. The highest BCUT2D eigenvalue weighted by atomic mass is 16.1. The minimum Gasteiger partial charge on any atom is -0.382 e. The third-order valence-electron chi connectivity index (χ3n) is 3.14. The lowest BCUT2D eigenvalue weighted by molar-refractivity contribution is 0.0951. The largest absolute Gasteiger partial charge is 0.382 e. The molecular weight excluding hydrogens is 240 g/mol. The van der Waals surface area contributed by atoms with Gasteiger partial charge in [0.2, 0.25) is 0 Å². The molecule has 0 aliphatic heterocycles. The summed E-state index contributed by atoms with van der Waals surface area (Å²) in [4.78, 5) is 12.1. The molecule has 1 amide bonds. The molecule has 0 fully saturated rings. The van der Waals surface area contributed by atoms with Gasteiger partial charge in [-0.3, -0.25) is 9.89 Å². The molecule has 0 aliphatic carbocycles. The number of nitrogen functional groups attached to an aromatic ring is 1. The first-order valence-corrected chi connectivity index (χ1v) is 6.29. The normalized spacial score (nSPS) is 10.4. The van der Waals surface area contributed by atoms with Gasteiger partial charge in [-0.15, -0.1) is 0 Å². The Balaban J connectivity index is 2.09. The summed E-state index contributed by atoms with van der Waals surface area (Å²) < 4.78 is 0. The predicted octanol–water partition coefficient (Wildman–Crippen LogP) is 1.79. The topological polar surface area (TPSA) is 83.8 Å². The van der Waals surface area contributed by atoms with Crippen molar-refractivity contribution < 1.29 is 4.79 Å². The van der Waals surface area contributed by atoms with Crippen molar-refractivity contribution >= 4 is 11.7 Å². The summed E-state index contributed by atoms with van der Waals surface area (Å²) in [5, 5.41) is 9.40. The van der Waals surface area contributed by atoms with Gasteiger partial charge in [-0.25, -0.2) is 0 Å². The van der Waals surface area contributed by atoms with E-state index in [0.29, 0.717) is 17.8 Å². The number of aromatic nitrogens is 2. The zero-order valence-electron chi connectivity index (χ0n) is 11.2. The second-order valence-electron chi connectivity index (χ2n) is 4.41. The molecule has 0 aliphatic rings. The monoisotopic (exact) mass is 258 g/mol. The van der Waals surface area contributed by atoms with E-state index >= 15 is 0 Å². The van der Waals surface area contributed by atoms with Crippen molar-refractivity contribution in [1.82, 2.24) is 15.5 Å². The molecule has 4 N–H and O–H groups in total. The maximum Gasteiger partial charge on any atom is 0.257 e. The molecule has 0 spiro atoms. The standard InChI is InChI=1S/C14H18N4O/c1-3-10-6-4-5-7-11(10)8-16-14(19)12-9(2)17-18-13(12)15/h4-7H,3,8H2,1-2H3,(H,16,19)(H3,15,17,18). The molecule has 19 heavy (non-hydrogen) atoms. The molecule has 5 nitrogen and oxygen atoms in total. The number of amides is 1. The third kappa shape index (κ3) is 2.76. The maximum atomic E-state index is 12.1. The molecule has 100 valence electrons. The Labute approximate surface area is 112 Å². The Morgan fingerprint density at radius 1 is 1.37 bits per heavy atom. The minimum absolute atomic E-state index is 0.199. The number of hydrogen-bond donors (Lipinski definition) is 3. The van der Waals surface area contributed by atoms with Crippen molar-refractivity contribution in [2.75, 3.05) is 5.73 Å². The van der Waals surface area contributed by atoms with Crippen molar-refractivity contribution in [1.29, 1.82) is 0 Å². The second kappa shape index (κ2) is 5.56. The highest BCUT2D eigenvalue weighted by Crippen LogP contribution is 2.13. The Hall–Kier alpha value is -2.30. The van der Waals surface area contributed by atoms with Gasteiger partial charge < -0.3 is 11.1 Å². The van der Waals surface area contributed by atoms with Crippen LogP contribution < -0.4 is 11.1 Å². The zero-order valence-corrected chi connectivity index (χ0v) is 11.2. The number of rotatable bonds is 4. The van der Waals surface area contributed by atoms with Crippen LogP contribution in [0.25, 0.3) is 0 Å². The number of nitrogens with two attached hydrogens (primary N) is 1. The highest BCUT2D eigenvalue weighted by Gasteiger charge is 2.15. The number of hydrogen-bond acceptors (Lipinski definition) is 3. The maximum absolute atomic E-state index is 12.1. The molecule has 0 atom stereocenters. The van der Waals surface area contributed by atoms with E-state index in [2.05, 4.69) is 28.5 Å². The lowest BCUT2D eigenvalue weighted by Gasteiger charge is -2.09. The Kier molecular flexibility index (Phi) is 3.85. The number of H-pyrrole nitrogens is 1. The number of carbonyl (C=O) groups is 1. The van der Waals surface area contributed by atoms with Crippen LogP contribution >= 0.6 is 0 Å². The van der Waals surface area contributed by atoms with Crippen LogP contribution in [0.5, 0.6) is 0 Å². The summed E-state index contributed by atoms with van der Waals surface area (Å²) >= 11 is 0. The van der Waals surface area contributed by atoms with E-state index in [1.165, 1.54) is 5.56 Å². The van der Waals surface area contributed by atoms with Gasteiger partial charge in [-0.2, -0.15) is 5.10 Å². The fraction of sp³-hybridized carbons (Fsp3) is 0.286. The van der Waals surface area contributed by atoms with E-state index < -0.39 is 0 Å².